The zero-order valence-electron chi connectivity index (χ0n) is 6.92. The summed E-state index contributed by atoms with van der Waals surface area (Å²) in [6.07, 6.45) is 3.64. The molecule has 0 radical (unpaired) electrons. The predicted octanol–water partition coefficient (Wildman–Crippen LogP) is 0.614. The van der Waals surface area contributed by atoms with Gasteiger partial charge in [-0.2, -0.15) is 0 Å². The Labute approximate surface area is 68.0 Å². The van der Waals surface area contributed by atoms with Crippen molar-refractivity contribution in [2.45, 2.75) is 19.3 Å². The second-order valence-electron chi connectivity index (χ2n) is 3.85. The lowest BCUT2D eigenvalue weighted by Crippen LogP contribution is -2.23. The molecule has 1 aliphatic heterocycles. The molecule has 0 spiro atoms. The quantitative estimate of drug-likeness (QED) is 0.626. The normalized spacial score (nSPS) is 41.7. The van der Waals surface area contributed by atoms with Gasteiger partial charge in [0.25, 0.3) is 0 Å². The fourth-order valence-corrected chi connectivity index (χ4v) is 2.55. The maximum atomic E-state index is 8.66. The highest BCUT2D eigenvalue weighted by atomic mass is 16.2. The topological polar surface area (TPSA) is 32.3 Å². The highest BCUT2D eigenvalue weighted by Crippen LogP contribution is 2.52. The Morgan fingerprint density at radius 1 is 1.36 bits per heavy atom. The van der Waals surface area contributed by atoms with Crippen LogP contribution in [0.4, 0.5) is 0 Å². The first kappa shape index (κ1) is 7.56. The van der Waals surface area contributed by atoms with Crippen molar-refractivity contribution in [3.63, 3.8) is 0 Å². The van der Waals surface area contributed by atoms with Crippen molar-refractivity contribution in [1.29, 1.82) is 0 Å². The summed E-state index contributed by atoms with van der Waals surface area (Å²) in [5.74, 6) is 2.94. The molecule has 2 rings (SSSR count). The van der Waals surface area contributed by atoms with Gasteiger partial charge in [-0.15, -0.1) is 0 Å². The number of aliphatic hydroxyl groups is 1. The van der Waals surface area contributed by atoms with Gasteiger partial charge in [0.2, 0.25) is 0 Å². The van der Waals surface area contributed by atoms with Gasteiger partial charge in [-0.05, 0) is 50.1 Å². The Kier molecular flexibility index (Phi) is 2.14. The molecule has 1 saturated carbocycles. The third kappa shape index (κ3) is 1.42. The van der Waals surface area contributed by atoms with Gasteiger partial charge in [0.15, 0.2) is 0 Å². The lowest BCUT2D eigenvalue weighted by molar-refractivity contribution is 0.279. The molecule has 1 saturated heterocycles. The van der Waals surface area contributed by atoms with Crippen LogP contribution in [-0.4, -0.2) is 24.8 Å². The number of hydrogen-bond donors (Lipinski definition) is 2. The minimum atomic E-state index is 0.378. The highest BCUT2D eigenvalue weighted by molar-refractivity contribution is 5.00. The van der Waals surface area contributed by atoms with E-state index < -0.39 is 0 Å². The smallest absolute Gasteiger partial charge is 0.0431 e. The van der Waals surface area contributed by atoms with E-state index in [1.165, 1.54) is 25.9 Å². The average Bonchev–Trinajstić information content (AvgIpc) is 2.75. The maximum Gasteiger partial charge on any atom is 0.0431 e. The molecule has 2 aliphatic rings. The molecule has 3 unspecified atom stereocenters. The zero-order valence-corrected chi connectivity index (χ0v) is 6.92. The Hall–Kier alpha value is -0.0800. The third-order valence-corrected chi connectivity index (χ3v) is 3.24. The molecule has 0 amide bonds. The average molecular weight is 155 g/mol. The molecular weight excluding hydrogens is 138 g/mol. The van der Waals surface area contributed by atoms with Crippen LogP contribution in [-0.2, 0) is 0 Å². The Bertz CT molecular complexity index is 126. The van der Waals surface area contributed by atoms with Crippen LogP contribution in [0, 0.1) is 17.8 Å². The predicted molar refractivity (Wildman–Crippen MR) is 44.3 cm³/mol. The Morgan fingerprint density at radius 3 is 2.91 bits per heavy atom. The van der Waals surface area contributed by atoms with E-state index in [-0.39, 0.29) is 0 Å². The fourth-order valence-electron chi connectivity index (χ4n) is 2.55. The van der Waals surface area contributed by atoms with E-state index in [2.05, 4.69) is 5.32 Å². The molecule has 0 aromatic heterocycles. The van der Waals surface area contributed by atoms with Gasteiger partial charge in [-0.25, -0.2) is 0 Å². The van der Waals surface area contributed by atoms with Crippen molar-refractivity contribution in [2.75, 3.05) is 19.7 Å². The monoisotopic (exact) mass is 155 g/mol. The Balaban J connectivity index is 1.72. The molecule has 11 heavy (non-hydrogen) atoms. The van der Waals surface area contributed by atoms with Crippen LogP contribution in [0.15, 0.2) is 0 Å². The number of nitrogens with one attached hydrogen (secondary N) is 1. The highest BCUT2D eigenvalue weighted by Gasteiger charge is 2.49. The van der Waals surface area contributed by atoms with Crippen LogP contribution in [0.2, 0.25) is 0 Å². The van der Waals surface area contributed by atoms with E-state index in [0.717, 1.165) is 24.2 Å². The van der Waals surface area contributed by atoms with E-state index in [0.29, 0.717) is 6.61 Å². The van der Waals surface area contributed by atoms with Gasteiger partial charge >= 0.3 is 0 Å². The van der Waals surface area contributed by atoms with Crippen molar-refractivity contribution in [1.82, 2.24) is 5.32 Å². The molecule has 64 valence electrons. The lowest BCUT2D eigenvalue weighted by Gasteiger charge is -2.08. The van der Waals surface area contributed by atoms with Crippen molar-refractivity contribution in [3.8, 4) is 0 Å². The molecule has 0 aromatic rings. The van der Waals surface area contributed by atoms with Gasteiger partial charge in [-0.1, -0.05) is 0 Å². The molecule has 0 aromatic carbocycles. The Morgan fingerprint density at radius 2 is 2.27 bits per heavy atom. The fraction of sp³-hybridized carbons (Fsp3) is 1.00. The van der Waals surface area contributed by atoms with E-state index in [4.69, 9.17) is 5.11 Å². The molecule has 3 atom stereocenters. The first-order valence-electron chi connectivity index (χ1n) is 4.75. The van der Waals surface area contributed by atoms with Crippen molar-refractivity contribution in [2.24, 2.45) is 17.8 Å². The summed E-state index contributed by atoms with van der Waals surface area (Å²) < 4.78 is 0. The molecule has 0 bridgehead atoms. The summed E-state index contributed by atoms with van der Waals surface area (Å²) in [5, 5.41) is 12.1. The number of aliphatic hydroxyl groups excluding tert-OH is 1. The molecular formula is C9H17NO. The van der Waals surface area contributed by atoms with Crippen molar-refractivity contribution < 1.29 is 5.11 Å². The maximum absolute atomic E-state index is 8.66. The first-order valence-corrected chi connectivity index (χ1v) is 4.75. The van der Waals surface area contributed by atoms with Crippen LogP contribution in [0.25, 0.3) is 0 Å². The molecule has 1 aliphatic carbocycles. The second-order valence-corrected chi connectivity index (χ2v) is 3.85. The van der Waals surface area contributed by atoms with Gasteiger partial charge in [-0.3, -0.25) is 0 Å². The van der Waals surface area contributed by atoms with E-state index >= 15 is 0 Å². The zero-order chi connectivity index (χ0) is 7.68. The van der Waals surface area contributed by atoms with Crippen LogP contribution in [0.5, 0.6) is 0 Å². The summed E-state index contributed by atoms with van der Waals surface area (Å²) in [7, 11) is 0. The van der Waals surface area contributed by atoms with E-state index in [9.17, 15) is 0 Å². The molecule has 1 heterocycles. The molecule has 2 N–H and O–H groups in total. The summed E-state index contributed by atoms with van der Waals surface area (Å²) in [6, 6.07) is 0. The molecule has 2 fully saturated rings. The van der Waals surface area contributed by atoms with Gasteiger partial charge < -0.3 is 10.4 Å². The number of fused-ring (bicyclic) bond motifs is 1. The van der Waals surface area contributed by atoms with E-state index in [1.54, 1.807) is 0 Å². The van der Waals surface area contributed by atoms with Crippen LogP contribution in [0.3, 0.4) is 0 Å². The minimum absolute atomic E-state index is 0.378. The van der Waals surface area contributed by atoms with Crippen LogP contribution >= 0.6 is 0 Å². The lowest BCUT2D eigenvalue weighted by atomic mass is 10.1. The standard InChI is InChI=1S/C9H17NO/c11-5-1-2-7-8-3-4-10-6-9(7)8/h7-11H,1-6H2. The molecule has 2 heteroatoms. The largest absolute Gasteiger partial charge is 0.396 e. The number of rotatable bonds is 3. The van der Waals surface area contributed by atoms with Crippen molar-refractivity contribution in [3.05, 3.63) is 0 Å². The minimum Gasteiger partial charge on any atom is -0.396 e. The van der Waals surface area contributed by atoms with Gasteiger partial charge in [0, 0.05) is 6.61 Å². The van der Waals surface area contributed by atoms with Crippen LogP contribution < -0.4 is 5.32 Å². The van der Waals surface area contributed by atoms with E-state index in [1.807, 2.05) is 0 Å². The second kappa shape index (κ2) is 3.11. The molecule has 2 nitrogen and oxygen atoms in total. The third-order valence-electron chi connectivity index (χ3n) is 3.24. The van der Waals surface area contributed by atoms with Crippen molar-refractivity contribution >= 4 is 0 Å². The van der Waals surface area contributed by atoms with Gasteiger partial charge in [0.1, 0.15) is 0 Å². The SMILES string of the molecule is OCCCC1C2CCNCC12. The number of hydrogen-bond acceptors (Lipinski definition) is 2. The summed E-state index contributed by atoms with van der Waals surface area (Å²) >= 11 is 0. The summed E-state index contributed by atoms with van der Waals surface area (Å²) in [4.78, 5) is 0. The summed E-state index contributed by atoms with van der Waals surface area (Å²) in [6.45, 7) is 2.83. The van der Waals surface area contributed by atoms with Crippen LogP contribution in [0.1, 0.15) is 19.3 Å². The number of piperidine rings is 1. The van der Waals surface area contributed by atoms with Gasteiger partial charge in [0.05, 0.1) is 0 Å². The summed E-state index contributed by atoms with van der Waals surface area (Å²) in [5.41, 5.74) is 0. The first-order chi connectivity index (χ1) is 5.43.